The minimum absolute atomic E-state index is 0.0884. The summed E-state index contributed by atoms with van der Waals surface area (Å²) < 4.78 is 41.3. The normalized spacial score (nSPS) is 17.0. The number of amides is 1. The minimum Gasteiger partial charge on any atom is -0.273 e. The third-order valence-corrected chi connectivity index (χ3v) is 5.41. The molecule has 0 aromatic heterocycles. The molecule has 1 fully saturated rings. The van der Waals surface area contributed by atoms with Crippen LogP contribution in [0.2, 0.25) is 0 Å². The van der Waals surface area contributed by atoms with E-state index in [4.69, 9.17) is 0 Å². The standard InChI is InChI=1S/C15H11FN2O3S2/c16-11-6-8-13(9-7-11)23(20,21)17-15-18(14(19)10-22-15)12-4-2-1-3-5-12/h1-9H,10H2/b17-15+. The molecule has 1 aliphatic rings. The predicted molar refractivity (Wildman–Crippen MR) is 87.4 cm³/mol. The number of benzene rings is 2. The molecule has 23 heavy (non-hydrogen) atoms. The third kappa shape index (κ3) is 3.27. The molecule has 0 N–H and O–H groups in total. The molecule has 0 aliphatic carbocycles. The second kappa shape index (κ2) is 6.13. The van der Waals surface area contributed by atoms with Crippen molar-refractivity contribution < 1.29 is 17.6 Å². The Bertz CT molecular complexity index is 865. The van der Waals surface area contributed by atoms with Crippen molar-refractivity contribution in [2.75, 3.05) is 10.7 Å². The first-order valence-corrected chi connectivity index (χ1v) is 9.01. The second-order valence-electron chi connectivity index (χ2n) is 4.66. The summed E-state index contributed by atoms with van der Waals surface area (Å²) in [6.45, 7) is 0. The molecule has 3 rings (SSSR count). The highest BCUT2D eigenvalue weighted by atomic mass is 32.2. The zero-order valence-electron chi connectivity index (χ0n) is 11.7. The summed E-state index contributed by atoms with van der Waals surface area (Å²) in [5.41, 5.74) is 0.551. The Morgan fingerprint density at radius 1 is 1.04 bits per heavy atom. The van der Waals surface area contributed by atoms with Crippen LogP contribution in [0, 0.1) is 5.82 Å². The van der Waals surface area contributed by atoms with Crippen molar-refractivity contribution in [2.24, 2.45) is 4.40 Å². The molecule has 0 bridgehead atoms. The summed E-state index contributed by atoms with van der Waals surface area (Å²) in [6, 6.07) is 13.1. The van der Waals surface area contributed by atoms with Crippen LogP contribution in [0.5, 0.6) is 0 Å². The van der Waals surface area contributed by atoms with E-state index < -0.39 is 15.8 Å². The zero-order chi connectivity index (χ0) is 16.4. The largest absolute Gasteiger partial charge is 0.284 e. The maximum Gasteiger partial charge on any atom is 0.284 e. The van der Waals surface area contributed by atoms with E-state index in [1.54, 1.807) is 30.3 Å². The molecule has 1 amide bonds. The van der Waals surface area contributed by atoms with Crippen LogP contribution < -0.4 is 4.90 Å². The average molecular weight is 350 g/mol. The second-order valence-corrected chi connectivity index (χ2v) is 7.20. The lowest BCUT2D eigenvalue weighted by Gasteiger charge is -2.15. The van der Waals surface area contributed by atoms with Crippen molar-refractivity contribution >= 4 is 38.5 Å². The Labute approximate surface area is 136 Å². The first-order valence-electron chi connectivity index (χ1n) is 6.59. The van der Waals surface area contributed by atoms with Gasteiger partial charge in [0, 0.05) is 0 Å². The summed E-state index contributed by atoms with van der Waals surface area (Å²) in [7, 11) is -4.02. The molecule has 0 unspecified atom stereocenters. The Balaban J connectivity index is 2.00. The molecule has 0 spiro atoms. The summed E-state index contributed by atoms with van der Waals surface area (Å²) in [5, 5.41) is 0.0884. The molecule has 1 heterocycles. The van der Waals surface area contributed by atoms with Crippen LogP contribution in [0.15, 0.2) is 63.9 Å². The predicted octanol–water partition coefficient (Wildman–Crippen LogP) is 2.65. The quantitative estimate of drug-likeness (QED) is 0.853. The topological polar surface area (TPSA) is 66.8 Å². The number of halogens is 1. The number of carbonyl (C=O) groups is 1. The van der Waals surface area contributed by atoms with Gasteiger partial charge in [-0.2, -0.15) is 8.42 Å². The molecule has 0 radical (unpaired) electrons. The molecular formula is C15H11FN2O3S2. The molecule has 118 valence electrons. The van der Waals surface area contributed by atoms with Crippen molar-refractivity contribution in [2.45, 2.75) is 4.90 Å². The smallest absolute Gasteiger partial charge is 0.273 e. The average Bonchev–Trinajstić information content (AvgIpc) is 2.88. The number of anilines is 1. The fourth-order valence-corrected chi connectivity index (χ4v) is 4.12. The highest BCUT2D eigenvalue weighted by Gasteiger charge is 2.31. The van der Waals surface area contributed by atoms with E-state index in [1.807, 2.05) is 0 Å². The van der Waals surface area contributed by atoms with E-state index >= 15 is 0 Å². The van der Waals surface area contributed by atoms with Crippen molar-refractivity contribution in [1.29, 1.82) is 0 Å². The summed E-state index contributed by atoms with van der Waals surface area (Å²) in [4.78, 5) is 13.2. The number of para-hydroxylation sites is 1. The van der Waals surface area contributed by atoms with Gasteiger partial charge in [-0.25, -0.2) is 4.39 Å². The first-order chi connectivity index (χ1) is 11.0. The number of amidine groups is 1. The fraction of sp³-hybridized carbons (Fsp3) is 0.0667. The maximum atomic E-state index is 12.9. The van der Waals surface area contributed by atoms with Gasteiger partial charge in [0.25, 0.3) is 10.0 Å². The van der Waals surface area contributed by atoms with Gasteiger partial charge in [0.2, 0.25) is 5.91 Å². The van der Waals surface area contributed by atoms with Crippen LogP contribution >= 0.6 is 11.8 Å². The van der Waals surface area contributed by atoms with Crippen LogP contribution in [0.25, 0.3) is 0 Å². The number of hydrogen-bond acceptors (Lipinski definition) is 4. The van der Waals surface area contributed by atoms with Gasteiger partial charge in [0.15, 0.2) is 5.17 Å². The Morgan fingerprint density at radius 3 is 2.35 bits per heavy atom. The van der Waals surface area contributed by atoms with Crippen molar-refractivity contribution in [1.82, 2.24) is 0 Å². The maximum absolute atomic E-state index is 12.9. The number of rotatable bonds is 3. The SMILES string of the molecule is O=C1CS/C(=N/S(=O)(=O)c2ccc(F)cc2)N1c1ccccc1. The molecular weight excluding hydrogens is 339 g/mol. The molecule has 0 saturated carbocycles. The van der Waals surface area contributed by atoms with Crippen LogP contribution in [0.3, 0.4) is 0 Å². The van der Waals surface area contributed by atoms with Gasteiger partial charge in [-0.3, -0.25) is 9.69 Å². The Kier molecular flexibility index (Phi) is 4.18. The van der Waals surface area contributed by atoms with E-state index in [-0.39, 0.29) is 21.7 Å². The first kappa shape index (κ1) is 15.7. The molecule has 2 aromatic rings. The lowest BCUT2D eigenvalue weighted by Crippen LogP contribution is -2.29. The van der Waals surface area contributed by atoms with Crippen LogP contribution in [0.4, 0.5) is 10.1 Å². The van der Waals surface area contributed by atoms with E-state index in [2.05, 4.69) is 4.40 Å². The van der Waals surface area contributed by atoms with Crippen molar-refractivity contribution in [3.63, 3.8) is 0 Å². The van der Waals surface area contributed by atoms with Crippen molar-refractivity contribution in [3.05, 3.63) is 60.4 Å². The van der Waals surface area contributed by atoms with Crippen LogP contribution in [-0.2, 0) is 14.8 Å². The van der Waals surface area contributed by atoms with Gasteiger partial charge in [0.05, 0.1) is 16.3 Å². The number of carbonyl (C=O) groups excluding carboxylic acids is 1. The Hall–Kier alpha value is -2.19. The number of hydrogen-bond donors (Lipinski definition) is 0. The van der Waals surface area contributed by atoms with Crippen LogP contribution in [0.1, 0.15) is 0 Å². The summed E-state index contributed by atoms with van der Waals surface area (Å²) in [5.74, 6) is -0.658. The monoisotopic (exact) mass is 350 g/mol. The van der Waals surface area contributed by atoms with Gasteiger partial charge < -0.3 is 0 Å². The molecule has 1 aliphatic heterocycles. The highest BCUT2D eigenvalue weighted by molar-refractivity contribution is 8.16. The highest BCUT2D eigenvalue weighted by Crippen LogP contribution is 2.28. The third-order valence-electron chi connectivity index (χ3n) is 3.09. The molecule has 0 atom stereocenters. The van der Waals surface area contributed by atoms with E-state index in [0.29, 0.717) is 5.69 Å². The van der Waals surface area contributed by atoms with Crippen LogP contribution in [-0.4, -0.2) is 25.2 Å². The number of sulfonamides is 1. The van der Waals surface area contributed by atoms with E-state index in [0.717, 1.165) is 36.0 Å². The summed E-state index contributed by atoms with van der Waals surface area (Å²) in [6.07, 6.45) is 0. The lowest BCUT2D eigenvalue weighted by molar-refractivity contribution is -0.115. The number of nitrogens with zero attached hydrogens (tertiary/aromatic N) is 2. The van der Waals surface area contributed by atoms with Gasteiger partial charge in [-0.05, 0) is 36.4 Å². The zero-order valence-corrected chi connectivity index (χ0v) is 13.3. The summed E-state index contributed by atoms with van der Waals surface area (Å²) >= 11 is 1.05. The van der Waals surface area contributed by atoms with E-state index in [9.17, 15) is 17.6 Å². The van der Waals surface area contributed by atoms with Gasteiger partial charge in [-0.1, -0.05) is 30.0 Å². The molecule has 1 saturated heterocycles. The van der Waals surface area contributed by atoms with E-state index in [1.165, 1.54) is 4.90 Å². The van der Waals surface area contributed by atoms with Crippen molar-refractivity contribution in [3.8, 4) is 0 Å². The minimum atomic E-state index is -4.02. The molecule has 5 nitrogen and oxygen atoms in total. The Morgan fingerprint density at radius 2 is 1.70 bits per heavy atom. The fourth-order valence-electron chi connectivity index (χ4n) is 2.02. The number of thioether (sulfide) groups is 1. The molecule has 8 heteroatoms. The van der Waals surface area contributed by atoms with Gasteiger partial charge in [-0.15, -0.1) is 4.40 Å². The lowest BCUT2D eigenvalue weighted by atomic mass is 10.3. The molecule has 2 aromatic carbocycles. The van der Waals surface area contributed by atoms with Gasteiger partial charge in [0.1, 0.15) is 5.82 Å². The van der Waals surface area contributed by atoms with Gasteiger partial charge >= 0.3 is 0 Å².